The molecule has 0 saturated heterocycles. The summed E-state index contributed by atoms with van der Waals surface area (Å²) in [5.74, 6) is -0.364. The fourth-order valence-corrected chi connectivity index (χ4v) is 2.29. The molecule has 2 heterocycles. The normalized spacial score (nSPS) is 13.8. The van der Waals surface area contributed by atoms with Gasteiger partial charge in [0.15, 0.2) is 0 Å². The third-order valence-electron chi connectivity index (χ3n) is 3.29. The summed E-state index contributed by atoms with van der Waals surface area (Å²) in [6.07, 6.45) is 4.13. The summed E-state index contributed by atoms with van der Waals surface area (Å²) in [7, 11) is 0. The minimum absolute atomic E-state index is 0.334. The number of nitriles is 1. The summed E-state index contributed by atoms with van der Waals surface area (Å²) in [4.78, 5) is 10.2. The van der Waals surface area contributed by atoms with Crippen molar-refractivity contribution in [1.29, 1.82) is 5.26 Å². The van der Waals surface area contributed by atoms with Crippen molar-refractivity contribution in [3.8, 4) is 6.07 Å². The maximum Gasteiger partial charge on any atom is 0.147 e. The molecule has 1 aromatic carbocycles. The first-order valence-corrected chi connectivity index (χ1v) is 6.00. The molecule has 5 heteroatoms. The van der Waals surface area contributed by atoms with Crippen molar-refractivity contribution < 1.29 is 4.39 Å². The highest BCUT2D eigenvalue weighted by Gasteiger charge is 2.20. The molecule has 3 rings (SSSR count). The number of fused-ring (bicyclic) bond motifs is 1. The number of hydrogen-bond donors (Lipinski definition) is 0. The highest BCUT2D eigenvalue weighted by Crippen LogP contribution is 2.25. The fraction of sp³-hybridized carbons (Fsp3) is 0.214. The number of rotatable bonds is 1. The van der Waals surface area contributed by atoms with Gasteiger partial charge in [-0.25, -0.2) is 14.4 Å². The summed E-state index contributed by atoms with van der Waals surface area (Å²) in [5, 5.41) is 8.75. The van der Waals surface area contributed by atoms with E-state index in [0.29, 0.717) is 17.8 Å². The molecule has 0 amide bonds. The van der Waals surface area contributed by atoms with Crippen LogP contribution in [0.15, 0.2) is 30.7 Å². The Hall–Kier alpha value is -2.48. The van der Waals surface area contributed by atoms with E-state index >= 15 is 0 Å². The maximum atomic E-state index is 14.0. The summed E-state index contributed by atoms with van der Waals surface area (Å²) in [6, 6.07) is 6.49. The predicted molar refractivity (Wildman–Crippen MR) is 67.9 cm³/mol. The smallest absolute Gasteiger partial charge is 0.147 e. The van der Waals surface area contributed by atoms with E-state index in [0.717, 1.165) is 24.2 Å². The van der Waals surface area contributed by atoms with Crippen LogP contribution in [0.3, 0.4) is 0 Å². The van der Waals surface area contributed by atoms with Crippen LogP contribution in [0.2, 0.25) is 0 Å². The van der Waals surface area contributed by atoms with Crippen LogP contribution in [0.5, 0.6) is 0 Å². The molecule has 94 valence electrons. The number of anilines is 1. The molecule has 0 bridgehead atoms. The molecule has 0 unspecified atom stereocenters. The lowest BCUT2D eigenvalue weighted by Crippen LogP contribution is -2.31. The van der Waals surface area contributed by atoms with E-state index < -0.39 is 0 Å². The van der Waals surface area contributed by atoms with Crippen molar-refractivity contribution in [2.75, 3.05) is 11.4 Å². The molecule has 2 aromatic rings. The highest BCUT2D eigenvalue weighted by molar-refractivity contribution is 5.52. The van der Waals surface area contributed by atoms with Crippen molar-refractivity contribution in [3.05, 3.63) is 53.4 Å². The number of hydrogen-bond acceptors (Lipinski definition) is 4. The molecule has 0 saturated carbocycles. The molecule has 0 spiro atoms. The molecule has 0 fully saturated rings. The van der Waals surface area contributed by atoms with E-state index in [1.165, 1.54) is 12.4 Å². The number of benzene rings is 1. The lowest BCUT2D eigenvalue weighted by molar-refractivity contribution is 0.606. The Bertz CT molecular complexity index is 663. The van der Waals surface area contributed by atoms with Crippen LogP contribution < -0.4 is 4.90 Å². The average Bonchev–Trinajstić information content (AvgIpc) is 2.46. The van der Waals surface area contributed by atoms with Crippen LogP contribution in [0.1, 0.15) is 16.8 Å². The van der Waals surface area contributed by atoms with E-state index in [4.69, 9.17) is 5.26 Å². The van der Waals surface area contributed by atoms with Crippen molar-refractivity contribution in [2.45, 2.75) is 13.0 Å². The lowest BCUT2D eigenvalue weighted by Gasteiger charge is -2.29. The third kappa shape index (κ3) is 2.13. The zero-order valence-electron chi connectivity index (χ0n) is 10.2. The van der Waals surface area contributed by atoms with Crippen molar-refractivity contribution in [3.63, 3.8) is 0 Å². The first-order valence-electron chi connectivity index (χ1n) is 6.00. The van der Waals surface area contributed by atoms with E-state index in [9.17, 15) is 4.39 Å². The van der Waals surface area contributed by atoms with Gasteiger partial charge >= 0.3 is 0 Å². The first-order chi connectivity index (χ1) is 9.28. The Morgan fingerprint density at radius 2 is 2.26 bits per heavy atom. The van der Waals surface area contributed by atoms with Crippen LogP contribution >= 0.6 is 0 Å². The van der Waals surface area contributed by atoms with E-state index in [2.05, 4.69) is 9.97 Å². The van der Waals surface area contributed by atoms with Gasteiger partial charge in [0.1, 0.15) is 12.1 Å². The van der Waals surface area contributed by atoms with Crippen LogP contribution in [0.25, 0.3) is 0 Å². The van der Waals surface area contributed by atoms with Crippen molar-refractivity contribution in [2.24, 2.45) is 0 Å². The van der Waals surface area contributed by atoms with Crippen LogP contribution in [-0.2, 0) is 13.0 Å². The predicted octanol–water partition coefficient (Wildman–Crippen LogP) is 2.05. The topological polar surface area (TPSA) is 52.8 Å². The Morgan fingerprint density at radius 1 is 1.37 bits per heavy atom. The average molecular weight is 254 g/mol. The fourth-order valence-electron chi connectivity index (χ4n) is 2.29. The molecule has 19 heavy (non-hydrogen) atoms. The van der Waals surface area contributed by atoms with Crippen LogP contribution in [0.4, 0.5) is 10.1 Å². The van der Waals surface area contributed by atoms with Crippen molar-refractivity contribution in [1.82, 2.24) is 9.97 Å². The van der Waals surface area contributed by atoms with Gasteiger partial charge in [0.2, 0.25) is 0 Å². The second-order valence-corrected chi connectivity index (χ2v) is 4.44. The largest absolute Gasteiger partial charge is 0.363 e. The van der Waals surface area contributed by atoms with Gasteiger partial charge in [-0.2, -0.15) is 5.26 Å². The Kier molecular flexibility index (Phi) is 2.84. The number of aromatic nitrogens is 2. The van der Waals surface area contributed by atoms with Crippen molar-refractivity contribution >= 4 is 5.69 Å². The Labute approximate surface area is 110 Å². The zero-order chi connectivity index (χ0) is 13.2. The Morgan fingerprint density at radius 3 is 3.05 bits per heavy atom. The Balaban J connectivity index is 1.91. The molecule has 1 aromatic heterocycles. The summed E-state index contributed by atoms with van der Waals surface area (Å²) < 4.78 is 14.0. The van der Waals surface area contributed by atoms with Gasteiger partial charge in [-0.05, 0) is 30.2 Å². The van der Waals surface area contributed by atoms with Gasteiger partial charge in [-0.1, -0.05) is 0 Å². The molecular formula is C14H11FN4. The van der Waals surface area contributed by atoms with Gasteiger partial charge in [-0.15, -0.1) is 0 Å². The number of nitrogens with zero attached hydrogens (tertiary/aromatic N) is 4. The van der Waals surface area contributed by atoms with Gasteiger partial charge < -0.3 is 4.90 Å². The third-order valence-corrected chi connectivity index (χ3v) is 3.29. The highest BCUT2D eigenvalue weighted by atomic mass is 19.1. The van der Waals surface area contributed by atoms with Gasteiger partial charge in [0.05, 0.1) is 29.6 Å². The molecule has 0 radical (unpaired) electrons. The molecule has 0 N–H and O–H groups in total. The summed E-state index contributed by atoms with van der Waals surface area (Å²) in [6.45, 7) is 1.30. The second-order valence-electron chi connectivity index (χ2n) is 4.44. The van der Waals surface area contributed by atoms with Crippen LogP contribution in [0, 0.1) is 17.1 Å². The monoisotopic (exact) mass is 254 g/mol. The minimum atomic E-state index is -0.364. The second kappa shape index (κ2) is 4.65. The summed E-state index contributed by atoms with van der Waals surface area (Å²) in [5.41, 5.74) is 2.90. The van der Waals surface area contributed by atoms with E-state index in [-0.39, 0.29) is 5.82 Å². The molecule has 4 nitrogen and oxygen atoms in total. The molecule has 1 aliphatic heterocycles. The van der Waals surface area contributed by atoms with Gasteiger partial charge in [0.25, 0.3) is 0 Å². The maximum absolute atomic E-state index is 14.0. The molecular weight excluding hydrogens is 243 g/mol. The summed E-state index contributed by atoms with van der Waals surface area (Å²) >= 11 is 0. The molecule has 0 aliphatic carbocycles. The van der Waals surface area contributed by atoms with Crippen LogP contribution in [-0.4, -0.2) is 16.5 Å². The quantitative estimate of drug-likeness (QED) is 0.781. The zero-order valence-corrected chi connectivity index (χ0v) is 10.2. The van der Waals surface area contributed by atoms with Gasteiger partial charge in [0, 0.05) is 12.7 Å². The van der Waals surface area contributed by atoms with Gasteiger partial charge in [-0.3, -0.25) is 0 Å². The number of halogens is 1. The minimum Gasteiger partial charge on any atom is -0.363 e. The molecule has 0 atom stereocenters. The van der Waals surface area contributed by atoms with E-state index in [1.807, 2.05) is 17.2 Å². The molecule has 1 aliphatic rings. The van der Waals surface area contributed by atoms with E-state index in [1.54, 1.807) is 12.1 Å². The standard InChI is InChI=1S/C14H11FN4/c15-12-5-10(6-16)1-2-14(12)19-4-3-11-7-17-9-18-13(11)8-19/h1-2,5,7,9H,3-4,8H2. The lowest BCUT2D eigenvalue weighted by atomic mass is 10.1. The first kappa shape index (κ1) is 11.6. The SMILES string of the molecule is N#Cc1ccc(N2CCc3cncnc3C2)c(F)c1.